The van der Waals surface area contributed by atoms with Gasteiger partial charge in [0.2, 0.25) is 0 Å². The van der Waals surface area contributed by atoms with Crippen LogP contribution in [0.4, 0.5) is 5.69 Å². The number of carbonyl (C=O) groups excluding carboxylic acids is 1. The molecule has 0 heterocycles. The number of amides is 1. The molecule has 2 atom stereocenters. The largest absolute Gasteiger partial charge is 0.491 e. The average Bonchev–Trinajstić information content (AvgIpc) is 2.49. The van der Waals surface area contributed by atoms with Crippen molar-refractivity contribution in [2.24, 2.45) is 5.92 Å². The van der Waals surface area contributed by atoms with Crippen molar-refractivity contribution in [1.82, 2.24) is 0 Å². The summed E-state index contributed by atoms with van der Waals surface area (Å²) in [4.78, 5) is 12.8. The molecule has 0 aliphatic heterocycles. The van der Waals surface area contributed by atoms with Gasteiger partial charge in [0.15, 0.2) is 0 Å². The van der Waals surface area contributed by atoms with E-state index in [1.165, 1.54) is 6.42 Å². The van der Waals surface area contributed by atoms with Crippen LogP contribution < -0.4 is 10.1 Å². The van der Waals surface area contributed by atoms with Crippen molar-refractivity contribution in [2.75, 3.05) is 12.4 Å². The molecule has 0 radical (unpaired) electrons. The predicted molar refractivity (Wildman–Crippen MR) is 92.9 cm³/mol. The summed E-state index contributed by atoms with van der Waals surface area (Å²) in [6, 6.07) is 5.75. The maximum atomic E-state index is 12.8. The second-order valence-corrected chi connectivity index (χ2v) is 7.00. The van der Waals surface area contributed by atoms with Crippen LogP contribution in [-0.4, -0.2) is 24.7 Å². The summed E-state index contributed by atoms with van der Waals surface area (Å²) < 4.78 is 11.4. The lowest BCUT2D eigenvalue weighted by Gasteiger charge is -2.37. The van der Waals surface area contributed by atoms with Crippen molar-refractivity contribution in [2.45, 2.75) is 65.1 Å². The standard InChI is InChI=1S/C19H29NO3/c1-13(2)23-17-9-8-16(11-15(17)4)20-18(21)19(22-5)10-6-7-14(3)12-19/h8-9,11,13-14H,6-7,10,12H2,1-5H3,(H,20,21)/t14-,19+/m0/s1. The van der Waals surface area contributed by atoms with Gasteiger partial charge in [0.1, 0.15) is 11.4 Å². The molecule has 0 spiro atoms. The van der Waals surface area contributed by atoms with E-state index in [2.05, 4.69) is 12.2 Å². The minimum Gasteiger partial charge on any atom is -0.491 e. The van der Waals surface area contributed by atoms with Gasteiger partial charge in [-0.3, -0.25) is 4.79 Å². The van der Waals surface area contributed by atoms with E-state index < -0.39 is 5.60 Å². The Hall–Kier alpha value is -1.55. The highest BCUT2D eigenvalue weighted by atomic mass is 16.5. The van der Waals surface area contributed by atoms with Gasteiger partial charge in [0.25, 0.3) is 5.91 Å². The second-order valence-electron chi connectivity index (χ2n) is 7.00. The number of aryl methyl sites for hydroxylation is 1. The Morgan fingerprint density at radius 2 is 2.13 bits per heavy atom. The number of benzene rings is 1. The highest BCUT2D eigenvalue weighted by molar-refractivity contribution is 5.97. The summed E-state index contributed by atoms with van der Waals surface area (Å²) in [6.45, 7) is 8.17. The van der Waals surface area contributed by atoms with Gasteiger partial charge < -0.3 is 14.8 Å². The highest BCUT2D eigenvalue weighted by Gasteiger charge is 2.42. The number of ether oxygens (including phenoxy) is 2. The lowest BCUT2D eigenvalue weighted by Crippen LogP contribution is -2.47. The van der Waals surface area contributed by atoms with Crippen LogP contribution in [0, 0.1) is 12.8 Å². The van der Waals surface area contributed by atoms with Crippen LogP contribution >= 0.6 is 0 Å². The van der Waals surface area contributed by atoms with Crippen LogP contribution in [0.3, 0.4) is 0 Å². The van der Waals surface area contributed by atoms with Gasteiger partial charge in [-0.15, -0.1) is 0 Å². The van der Waals surface area contributed by atoms with Gasteiger partial charge in [-0.2, -0.15) is 0 Å². The first-order valence-electron chi connectivity index (χ1n) is 8.50. The highest BCUT2D eigenvalue weighted by Crippen LogP contribution is 2.36. The number of hydrogen-bond donors (Lipinski definition) is 1. The molecule has 2 rings (SSSR count). The molecule has 1 N–H and O–H groups in total. The predicted octanol–water partition coefficient (Wildman–Crippen LogP) is 4.32. The molecule has 4 nitrogen and oxygen atoms in total. The molecule has 1 aromatic carbocycles. The number of methoxy groups -OCH3 is 1. The third-order valence-corrected chi connectivity index (χ3v) is 4.56. The maximum absolute atomic E-state index is 12.8. The van der Waals surface area contributed by atoms with E-state index in [4.69, 9.17) is 9.47 Å². The minimum absolute atomic E-state index is 0.0384. The van der Waals surface area contributed by atoms with Crippen LogP contribution in [0.5, 0.6) is 5.75 Å². The zero-order valence-corrected chi connectivity index (χ0v) is 14.9. The van der Waals surface area contributed by atoms with Crippen LogP contribution in [-0.2, 0) is 9.53 Å². The van der Waals surface area contributed by atoms with E-state index in [9.17, 15) is 4.79 Å². The molecule has 0 aromatic heterocycles. The maximum Gasteiger partial charge on any atom is 0.256 e. The Labute approximate surface area is 139 Å². The van der Waals surface area contributed by atoms with Crippen LogP contribution in [0.25, 0.3) is 0 Å². The Balaban J connectivity index is 2.11. The van der Waals surface area contributed by atoms with Gasteiger partial charge in [0.05, 0.1) is 6.10 Å². The number of anilines is 1. The fourth-order valence-corrected chi connectivity index (χ4v) is 3.35. The molecule has 1 saturated carbocycles. The molecule has 1 aliphatic rings. The first-order chi connectivity index (χ1) is 10.9. The monoisotopic (exact) mass is 319 g/mol. The van der Waals surface area contributed by atoms with E-state index in [0.717, 1.165) is 36.3 Å². The quantitative estimate of drug-likeness (QED) is 0.879. The minimum atomic E-state index is -0.696. The summed E-state index contributed by atoms with van der Waals surface area (Å²) >= 11 is 0. The average molecular weight is 319 g/mol. The topological polar surface area (TPSA) is 47.6 Å². The first-order valence-corrected chi connectivity index (χ1v) is 8.50. The molecule has 0 saturated heterocycles. The van der Waals surface area contributed by atoms with E-state index in [1.54, 1.807) is 7.11 Å². The van der Waals surface area contributed by atoms with E-state index in [1.807, 2.05) is 39.0 Å². The smallest absolute Gasteiger partial charge is 0.256 e. The molecule has 4 heteroatoms. The van der Waals surface area contributed by atoms with Gasteiger partial charge in [-0.05, 0) is 69.7 Å². The van der Waals surface area contributed by atoms with Crippen LogP contribution in [0.1, 0.15) is 52.0 Å². The summed E-state index contributed by atoms with van der Waals surface area (Å²) in [7, 11) is 1.64. The molecule has 1 amide bonds. The van der Waals surface area contributed by atoms with E-state index in [-0.39, 0.29) is 12.0 Å². The van der Waals surface area contributed by atoms with Crippen molar-refractivity contribution >= 4 is 11.6 Å². The lowest BCUT2D eigenvalue weighted by atomic mass is 9.78. The lowest BCUT2D eigenvalue weighted by molar-refractivity contribution is -0.143. The summed E-state index contributed by atoms with van der Waals surface area (Å²) in [6.07, 6.45) is 3.90. The third kappa shape index (κ3) is 4.25. The summed E-state index contributed by atoms with van der Waals surface area (Å²) in [5.74, 6) is 1.33. The van der Waals surface area contributed by atoms with Crippen LogP contribution in [0.2, 0.25) is 0 Å². The van der Waals surface area contributed by atoms with Crippen molar-refractivity contribution in [3.8, 4) is 5.75 Å². The molecule has 1 fully saturated rings. The van der Waals surface area contributed by atoms with Crippen molar-refractivity contribution < 1.29 is 14.3 Å². The Morgan fingerprint density at radius 1 is 1.39 bits per heavy atom. The third-order valence-electron chi connectivity index (χ3n) is 4.56. The van der Waals surface area contributed by atoms with Crippen molar-refractivity contribution in [1.29, 1.82) is 0 Å². The SMILES string of the molecule is CO[C@]1(C(=O)Nc2ccc(OC(C)C)c(C)c2)CCC[C@H](C)C1. The van der Waals surface area contributed by atoms with Gasteiger partial charge in [-0.1, -0.05) is 13.3 Å². The van der Waals surface area contributed by atoms with Crippen LogP contribution in [0.15, 0.2) is 18.2 Å². The van der Waals surface area contributed by atoms with Gasteiger partial charge in [-0.25, -0.2) is 0 Å². The van der Waals surface area contributed by atoms with E-state index >= 15 is 0 Å². The summed E-state index contributed by atoms with van der Waals surface area (Å²) in [5.41, 5.74) is 1.11. The molecule has 1 aromatic rings. The number of nitrogens with one attached hydrogen (secondary N) is 1. The normalized spacial score (nSPS) is 24.5. The second kappa shape index (κ2) is 7.35. The molecule has 0 bridgehead atoms. The molecular formula is C19H29NO3. The first kappa shape index (κ1) is 17.8. The molecule has 23 heavy (non-hydrogen) atoms. The Morgan fingerprint density at radius 3 is 2.70 bits per heavy atom. The number of rotatable bonds is 5. The molecular weight excluding hydrogens is 290 g/mol. The van der Waals surface area contributed by atoms with E-state index in [0.29, 0.717) is 5.92 Å². The van der Waals surface area contributed by atoms with Gasteiger partial charge in [0, 0.05) is 12.8 Å². The zero-order valence-electron chi connectivity index (χ0n) is 14.9. The number of hydrogen-bond acceptors (Lipinski definition) is 3. The zero-order chi connectivity index (χ0) is 17.0. The number of carbonyl (C=O) groups is 1. The van der Waals surface area contributed by atoms with Crippen molar-refractivity contribution in [3.05, 3.63) is 23.8 Å². The fourth-order valence-electron chi connectivity index (χ4n) is 3.35. The molecule has 128 valence electrons. The summed E-state index contributed by atoms with van der Waals surface area (Å²) in [5, 5.41) is 3.03. The fraction of sp³-hybridized carbons (Fsp3) is 0.632. The Kier molecular flexibility index (Phi) is 5.69. The van der Waals surface area contributed by atoms with Crippen molar-refractivity contribution in [3.63, 3.8) is 0 Å². The Bertz CT molecular complexity index is 556. The molecule has 0 unspecified atom stereocenters. The molecule has 1 aliphatic carbocycles. The van der Waals surface area contributed by atoms with Gasteiger partial charge >= 0.3 is 0 Å².